The number of carbonyl (C=O) groups excluding carboxylic acids is 2. The number of likely N-dealkylation sites (N-methyl/N-ethyl adjacent to an activating group) is 1. The van der Waals surface area contributed by atoms with Crippen LogP contribution in [0.15, 0.2) is 52.0 Å². The van der Waals surface area contributed by atoms with Gasteiger partial charge in [0.05, 0.1) is 29.3 Å². The Morgan fingerprint density at radius 1 is 1.22 bits per heavy atom. The van der Waals surface area contributed by atoms with Crippen molar-refractivity contribution in [3.8, 4) is 6.07 Å². The molecule has 3 rings (SSSR count). The summed E-state index contributed by atoms with van der Waals surface area (Å²) in [6.45, 7) is -0.571. The summed E-state index contributed by atoms with van der Waals surface area (Å²) in [5.41, 5.74) is -0.885. The minimum Gasteiger partial charge on any atom is -0.468 e. The maximum absolute atomic E-state index is 12.5. The Labute approximate surface area is 187 Å². The van der Waals surface area contributed by atoms with E-state index in [1.807, 2.05) is 0 Å². The Kier molecular flexibility index (Phi) is 7.33. The number of hydrogen-bond donors (Lipinski definition) is 1. The Bertz CT molecular complexity index is 1100. The number of hydrogen-bond acceptors (Lipinski definition) is 7. The van der Waals surface area contributed by atoms with Gasteiger partial charge < -0.3 is 14.1 Å². The first-order chi connectivity index (χ1) is 15.3. The van der Waals surface area contributed by atoms with Gasteiger partial charge >= 0.3 is 5.97 Å². The lowest BCUT2D eigenvalue weighted by Gasteiger charge is -2.38. The van der Waals surface area contributed by atoms with Crippen LogP contribution in [-0.2, 0) is 26.1 Å². The van der Waals surface area contributed by atoms with E-state index in [1.54, 1.807) is 19.2 Å². The zero-order valence-electron chi connectivity index (χ0n) is 17.7. The second-order valence-corrected chi connectivity index (χ2v) is 9.43. The van der Waals surface area contributed by atoms with Gasteiger partial charge in [0, 0.05) is 7.05 Å². The molecule has 0 atom stereocenters. The van der Waals surface area contributed by atoms with Crippen molar-refractivity contribution in [2.75, 3.05) is 13.7 Å². The Hall–Kier alpha value is -3.16. The van der Waals surface area contributed by atoms with E-state index >= 15 is 0 Å². The number of nitriles is 1. The molecule has 1 saturated carbocycles. The molecule has 0 bridgehead atoms. The molecule has 32 heavy (non-hydrogen) atoms. The van der Waals surface area contributed by atoms with E-state index in [9.17, 15) is 23.3 Å². The Morgan fingerprint density at radius 2 is 1.97 bits per heavy atom. The van der Waals surface area contributed by atoms with Gasteiger partial charge in [-0.2, -0.15) is 5.26 Å². The average Bonchev–Trinajstić information content (AvgIpc) is 3.35. The summed E-state index contributed by atoms with van der Waals surface area (Å²) in [6.07, 6.45) is 5.36. The molecule has 0 saturated heterocycles. The average molecular weight is 460 g/mol. The topological polar surface area (TPSA) is 130 Å². The van der Waals surface area contributed by atoms with E-state index in [2.05, 4.69) is 10.8 Å². The predicted molar refractivity (Wildman–Crippen MR) is 114 cm³/mol. The van der Waals surface area contributed by atoms with Crippen LogP contribution < -0.4 is 4.72 Å². The quantitative estimate of drug-likeness (QED) is 0.601. The summed E-state index contributed by atoms with van der Waals surface area (Å²) in [5, 5.41) is 9.61. The first kappa shape index (κ1) is 23.5. The summed E-state index contributed by atoms with van der Waals surface area (Å²) in [6, 6.07) is 10.9. The van der Waals surface area contributed by atoms with E-state index in [-0.39, 0.29) is 17.0 Å². The molecule has 1 aliphatic carbocycles. The highest BCUT2D eigenvalue weighted by atomic mass is 32.2. The number of amides is 1. The smallest absolute Gasteiger partial charge is 0.338 e. The zero-order valence-corrected chi connectivity index (χ0v) is 18.6. The fourth-order valence-electron chi connectivity index (χ4n) is 3.66. The van der Waals surface area contributed by atoms with Crippen LogP contribution in [0.3, 0.4) is 0 Å². The molecule has 0 spiro atoms. The van der Waals surface area contributed by atoms with Gasteiger partial charge in [-0.05, 0) is 43.2 Å². The first-order valence-corrected chi connectivity index (χ1v) is 11.7. The molecule has 9 nitrogen and oxygen atoms in total. The molecule has 1 amide bonds. The molecule has 1 N–H and O–H groups in total. The third kappa shape index (κ3) is 5.36. The number of rotatable bonds is 8. The number of nitrogens with one attached hydrogen (secondary N) is 1. The van der Waals surface area contributed by atoms with Crippen molar-refractivity contribution in [2.45, 2.75) is 49.1 Å². The minimum atomic E-state index is -3.89. The van der Waals surface area contributed by atoms with Crippen LogP contribution in [0.25, 0.3) is 0 Å². The van der Waals surface area contributed by atoms with Crippen LogP contribution in [0.4, 0.5) is 0 Å². The number of nitrogens with zero attached hydrogens (tertiary/aromatic N) is 2. The summed E-state index contributed by atoms with van der Waals surface area (Å²) in [5.74, 6) is -0.866. The lowest BCUT2D eigenvalue weighted by molar-refractivity contribution is -0.138. The fourth-order valence-corrected chi connectivity index (χ4v) is 4.70. The van der Waals surface area contributed by atoms with E-state index in [0.29, 0.717) is 18.6 Å². The van der Waals surface area contributed by atoms with Crippen molar-refractivity contribution in [3.63, 3.8) is 0 Å². The van der Waals surface area contributed by atoms with Gasteiger partial charge in [-0.25, -0.2) is 17.9 Å². The van der Waals surface area contributed by atoms with E-state index in [4.69, 9.17) is 9.15 Å². The van der Waals surface area contributed by atoms with Crippen molar-refractivity contribution in [2.24, 2.45) is 0 Å². The molecular formula is C22H25N3O6S. The monoisotopic (exact) mass is 459 g/mol. The number of furan rings is 1. The van der Waals surface area contributed by atoms with Crippen molar-refractivity contribution >= 4 is 21.9 Å². The highest BCUT2D eigenvalue weighted by Gasteiger charge is 2.39. The van der Waals surface area contributed by atoms with Gasteiger partial charge in [-0.15, -0.1) is 0 Å². The maximum atomic E-state index is 12.5. The minimum absolute atomic E-state index is 0.00557. The molecule has 1 aromatic carbocycles. The van der Waals surface area contributed by atoms with Gasteiger partial charge in [0.2, 0.25) is 10.0 Å². The predicted octanol–water partition coefficient (Wildman–Crippen LogP) is 2.60. The number of benzene rings is 1. The normalized spacial score (nSPS) is 15.5. The van der Waals surface area contributed by atoms with E-state index in [0.717, 1.165) is 19.3 Å². The van der Waals surface area contributed by atoms with Crippen molar-refractivity contribution in [1.82, 2.24) is 9.62 Å². The molecule has 1 aromatic heterocycles. The second-order valence-electron chi connectivity index (χ2n) is 7.66. The Morgan fingerprint density at radius 3 is 2.62 bits per heavy atom. The van der Waals surface area contributed by atoms with Crippen LogP contribution >= 0.6 is 0 Å². The van der Waals surface area contributed by atoms with E-state index in [1.165, 1.54) is 35.4 Å². The summed E-state index contributed by atoms with van der Waals surface area (Å²) < 4.78 is 37.6. The SMILES string of the molecule is CN(C(=O)COC(=O)c1cccc(S(=O)(=O)NCc2ccco2)c1)C1(C#N)CCCCC1. The lowest BCUT2D eigenvalue weighted by Crippen LogP contribution is -2.51. The molecule has 0 aliphatic heterocycles. The molecule has 170 valence electrons. The Balaban J connectivity index is 1.62. The van der Waals surface area contributed by atoms with Gasteiger partial charge in [-0.1, -0.05) is 25.3 Å². The zero-order chi connectivity index (χ0) is 23.2. The molecule has 2 aromatic rings. The molecule has 1 fully saturated rings. The fraction of sp³-hybridized carbons (Fsp3) is 0.409. The summed E-state index contributed by atoms with van der Waals surface area (Å²) in [7, 11) is -2.35. The molecule has 0 unspecified atom stereocenters. The summed E-state index contributed by atoms with van der Waals surface area (Å²) in [4.78, 5) is 26.2. The van der Waals surface area contributed by atoms with Crippen LogP contribution in [-0.4, -0.2) is 44.4 Å². The maximum Gasteiger partial charge on any atom is 0.338 e. The van der Waals surface area contributed by atoms with Crippen molar-refractivity contribution in [3.05, 3.63) is 54.0 Å². The second kappa shape index (κ2) is 9.97. The molecule has 1 heterocycles. The van der Waals surface area contributed by atoms with E-state index < -0.39 is 34.0 Å². The lowest BCUT2D eigenvalue weighted by atomic mass is 9.81. The molecule has 1 aliphatic rings. The van der Waals surface area contributed by atoms with Crippen LogP contribution in [0.2, 0.25) is 0 Å². The number of ether oxygens (including phenoxy) is 1. The van der Waals surface area contributed by atoms with Gasteiger partial charge in [-0.3, -0.25) is 4.79 Å². The molecule has 0 radical (unpaired) electrons. The van der Waals surface area contributed by atoms with Crippen molar-refractivity contribution < 1.29 is 27.2 Å². The van der Waals surface area contributed by atoms with Gasteiger partial charge in [0.1, 0.15) is 11.3 Å². The first-order valence-electron chi connectivity index (χ1n) is 10.2. The number of sulfonamides is 1. The highest BCUT2D eigenvalue weighted by molar-refractivity contribution is 7.89. The van der Waals surface area contributed by atoms with Crippen molar-refractivity contribution in [1.29, 1.82) is 5.26 Å². The molecular weight excluding hydrogens is 434 g/mol. The van der Waals surface area contributed by atoms with Crippen LogP contribution in [0.5, 0.6) is 0 Å². The summed E-state index contributed by atoms with van der Waals surface area (Å²) >= 11 is 0. The number of esters is 1. The van der Waals surface area contributed by atoms with Crippen LogP contribution in [0.1, 0.15) is 48.2 Å². The third-order valence-electron chi connectivity index (χ3n) is 5.63. The third-order valence-corrected chi connectivity index (χ3v) is 7.03. The standard InChI is InChI=1S/C22H25N3O6S/c1-25(22(16-23)10-3-2-4-11-22)20(26)15-31-21(27)17-7-5-9-19(13-17)32(28,29)24-14-18-8-6-12-30-18/h5-9,12-13,24H,2-4,10-11,14-15H2,1H3. The van der Waals surface area contributed by atoms with Gasteiger partial charge in [0.15, 0.2) is 6.61 Å². The highest BCUT2D eigenvalue weighted by Crippen LogP contribution is 2.32. The largest absolute Gasteiger partial charge is 0.468 e. The molecule has 10 heteroatoms. The van der Waals surface area contributed by atoms with Gasteiger partial charge in [0.25, 0.3) is 5.91 Å². The number of carbonyl (C=O) groups is 2. The van der Waals surface area contributed by atoms with Crippen LogP contribution in [0, 0.1) is 11.3 Å².